The second kappa shape index (κ2) is 14.0. The van der Waals surface area contributed by atoms with E-state index in [0.717, 1.165) is 76.1 Å². The molecule has 1 atom stereocenters. The molecule has 2 aromatic rings. The van der Waals surface area contributed by atoms with Gasteiger partial charge in [0, 0.05) is 76.2 Å². The second-order valence-corrected chi connectivity index (χ2v) is 11.8. The molecule has 8 nitrogen and oxygen atoms in total. The van der Waals surface area contributed by atoms with Crippen molar-refractivity contribution >= 4 is 23.4 Å². The first kappa shape index (κ1) is 29.9. The standard InChI is InChI=1S/C32H47N5O3/c1-23-19-30(15-12-27(23)22-37-18-16-33-24(2)21-37)36(4)31(38)26-10-13-28(14-11-26)34-29-9-5-7-25(20-29)8-6-17-35(3)32(39)40/h5,7,9,12,15,19-20,24,26,28,33-34H,6,8,10-11,13-14,16-18,21-22H2,1-4H3,(H,39,40)/t24-,26?,28?/m0/s1. The largest absolute Gasteiger partial charge is 0.465 e. The minimum Gasteiger partial charge on any atom is -0.465 e. The predicted octanol–water partition coefficient (Wildman–Crippen LogP) is 4.96. The van der Waals surface area contributed by atoms with Crippen molar-refractivity contribution in [1.29, 1.82) is 0 Å². The molecule has 0 radical (unpaired) electrons. The highest BCUT2D eigenvalue weighted by Crippen LogP contribution is 2.30. The summed E-state index contributed by atoms with van der Waals surface area (Å²) in [5.74, 6) is 0.276. The molecular weight excluding hydrogens is 502 g/mol. The molecule has 2 fully saturated rings. The average Bonchev–Trinajstić information content (AvgIpc) is 2.94. The molecule has 1 aliphatic heterocycles. The first-order valence-corrected chi connectivity index (χ1v) is 14.8. The molecule has 3 N–H and O–H groups in total. The second-order valence-electron chi connectivity index (χ2n) is 11.8. The Balaban J connectivity index is 1.24. The van der Waals surface area contributed by atoms with Crippen LogP contribution in [0.3, 0.4) is 0 Å². The van der Waals surface area contributed by atoms with Gasteiger partial charge in [0.25, 0.3) is 0 Å². The number of benzene rings is 2. The van der Waals surface area contributed by atoms with E-state index in [1.165, 1.54) is 21.6 Å². The summed E-state index contributed by atoms with van der Waals surface area (Å²) < 4.78 is 0. The fourth-order valence-corrected chi connectivity index (χ4v) is 6.02. The third-order valence-electron chi connectivity index (χ3n) is 8.55. The van der Waals surface area contributed by atoms with E-state index < -0.39 is 6.09 Å². The van der Waals surface area contributed by atoms with Crippen molar-refractivity contribution in [3.8, 4) is 0 Å². The van der Waals surface area contributed by atoms with Crippen molar-refractivity contribution in [1.82, 2.24) is 15.1 Å². The Morgan fingerprint density at radius 1 is 1.10 bits per heavy atom. The number of nitrogens with zero attached hydrogens (tertiary/aromatic N) is 3. The summed E-state index contributed by atoms with van der Waals surface area (Å²) in [7, 11) is 3.52. The lowest BCUT2D eigenvalue weighted by molar-refractivity contribution is -0.123. The number of carbonyl (C=O) groups excluding carboxylic acids is 1. The van der Waals surface area contributed by atoms with Gasteiger partial charge in [-0.2, -0.15) is 0 Å². The number of nitrogens with one attached hydrogen (secondary N) is 2. The molecule has 2 amide bonds. The Morgan fingerprint density at radius 3 is 2.58 bits per heavy atom. The molecule has 1 saturated carbocycles. The molecule has 1 aliphatic carbocycles. The molecule has 0 aromatic heterocycles. The fraction of sp³-hybridized carbons (Fsp3) is 0.562. The zero-order valence-corrected chi connectivity index (χ0v) is 24.7. The zero-order chi connectivity index (χ0) is 28.6. The quantitative estimate of drug-likeness (QED) is 0.388. The number of hydrogen-bond donors (Lipinski definition) is 3. The monoisotopic (exact) mass is 549 g/mol. The van der Waals surface area contributed by atoms with E-state index in [2.05, 4.69) is 71.8 Å². The maximum Gasteiger partial charge on any atom is 0.407 e. The molecule has 0 spiro atoms. The first-order valence-electron chi connectivity index (χ1n) is 14.8. The lowest BCUT2D eigenvalue weighted by Gasteiger charge is -2.33. The molecule has 0 unspecified atom stereocenters. The number of amides is 2. The van der Waals surface area contributed by atoms with E-state index >= 15 is 0 Å². The van der Waals surface area contributed by atoms with Crippen molar-refractivity contribution in [3.05, 3.63) is 59.2 Å². The SMILES string of the molecule is Cc1cc(N(C)C(=O)C2CCC(Nc3cccc(CCCN(C)C(=O)O)c3)CC2)ccc1CN1CCN[C@@H](C)C1. The number of piperazine rings is 1. The van der Waals surface area contributed by atoms with Crippen LogP contribution >= 0.6 is 0 Å². The smallest absolute Gasteiger partial charge is 0.407 e. The van der Waals surface area contributed by atoms with Crippen molar-refractivity contribution < 1.29 is 14.7 Å². The van der Waals surface area contributed by atoms with Crippen LogP contribution in [0.5, 0.6) is 0 Å². The van der Waals surface area contributed by atoms with E-state index in [-0.39, 0.29) is 11.8 Å². The molecule has 218 valence electrons. The Morgan fingerprint density at radius 2 is 1.88 bits per heavy atom. The summed E-state index contributed by atoms with van der Waals surface area (Å²) in [5, 5.41) is 16.2. The van der Waals surface area contributed by atoms with E-state index in [4.69, 9.17) is 5.11 Å². The van der Waals surface area contributed by atoms with Crippen LogP contribution in [-0.4, -0.2) is 79.3 Å². The highest BCUT2D eigenvalue weighted by Gasteiger charge is 2.29. The number of aryl methyl sites for hydroxylation is 2. The van der Waals surface area contributed by atoms with Crippen LogP contribution in [0.15, 0.2) is 42.5 Å². The van der Waals surface area contributed by atoms with E-state index in [9.17, 15) is 9.59 Å². The molecular formula is C32H47N5O3. The van der Waals surface area contributed by atoms with Gasteiger partial charge >= 0.3 is 6.09 Å². The molecule has 2 aromatic carbocycles. The van der Waals surface area contributed by atoms with Crippen LogP contribution in [0, 0.1) is 12.8 Å². The van der Waals surface area contributed by atoms with Gasteiger partial charge in [0.2, 0.25) is 5.91 Å². The zero-order valence-electron chi connectivity index (χ0n) is 24.7. The van der Waals surface area contributed by atoms with Crippen LogP contribution in [0.2, 0.25) is 0 Å². The molecule has 8 heteroatoms. The third kappa shape index (κ3) is 8.21. The van der Waals surface area contributed by atoms with Crippen LogP contribution in [0.25, 0.3) is 0 Å². The summed E-state index contributed by atoms with van der Waals surface area (Å²) in [5.41, 5.74) is 5.86. The minimum atomic E-state index is -0.889. The summed E-state index contributed by atoms with van der Waals surface area (Å²) >= 11 is 0. The van der Waals surface area contributed by atoms with Crippen LogP contribution < -0.4 is 15.5 Å². The predicted molar refractivity (Wildman–Crippen MR) is 162 cm³/mol. The average molecular weight is 550 g/mol. The third-order valence-corrected chi connectivity index (χ3v) is 8.55. The van der Waals surface area contributed by atoms with Gasteiger partial charge < -0.3 is 25.5 Å². The molecule has 4 rings (SSSR count). The molecule has 0 bridgehead atoms. The Hall–Kier alpha value is -3.10. The maximum atomic E-state index is 13.4. The van der Waals surface area contributed by atoms with Gasteiger partial charge in [-0.15, -0.1) is 0 Å². The first-order chi connectivity index (χ1) is 19.2. The van der Waals surface area contributed by atoms with Gasteiger partial charge in [-0.1, -0.05) is 18.2 Å². The summed E-state index contributed by atoms with van der Waals surface area (Å²) in [6.07, 6.45) is 4.47. The fourth-order valence-electron chi connectivity index (χ4n) is 6.02. The van der Waals surface area contributed by atoms with Crippen molar-refractivity contribution in [3.63, 3.8) is 0 Å². The summed E-state index contributed by atoms with van der Waals surface area (Å²) in [4.78, 5) is 30.1. The van der Waals surface area contributed by atoms with Gasteiger partial charge in [-0.25, -0.2) is 4.79 Å². The van der Waals surface area contributed by atoms with Crippen molar-refractivity contribution in [2.24, 2.45) is 5.92 Å². The van der Waals surface area contributed by atoms with E-state index in [1.54, 1.807) is 7.05 Å². The van der Waals surface area contributed by atoms with Crippen LogP contribution in [0.1, 0.15) is 55.7 Å². The van der Waals surface area contributed by atoms with Crippen molar-refractivity contribution in [2.75, 3.05) is 50.5 Å². The molecule has 2 aliphatic rings. The number of rotatable bonds is 10. The summed E-state index contributed by atoms with van der Waals surface area (Å²) in [6.45, 7) is 9.04. The molecule has 1 heterocycles. The van der Waals surface area contributed by atoms with Gasteiger partial charge in [0.1, 0.15) is 0 Å². The number of anilines is 2. The highest BCUT2D eigenvalue weighted by molar-refractivity contribution is 5.94. The normalized spacial score (nSPS) is 21.6. The van der Waals surface area contributed by atoms with Gasteiger partial charge in [0.15, 0.2) is 0 Å². The van der Waals surface area contributed by atoms with Gasteiger partial charge in [-0.3, -0.25) is 9.69 Å². The Labute approximate surface area is 239 Å². The number of carboxylic acid groups (broad SMARTS) is 1. The van der Waals surface area contributed by atoms with E-state index in [1.807, 2.05) is 11.9 Å². The lowest BCUT2D eigenvalue weighted by Crippen LogP contribution is -2.48. The molecule has 40 heavy (non-hydrogen) atoms. The van der Waals surface area contributed by atoms with Crippen LogP contribution in [0.4, 0.5) is 16.2 Å². The van der Waals surface area contributed by atoms with Gasteiger partial charge in [0.05, 0.1) is 0 Å². The molecule has 1 saturated heterocycles. The van der Waals surface area contributed by atoms with Crippen LogP contribution in [-0.2, 0) is 17.8 Å². The van der Waals surface area contributed by atoms with Crippen molar-refractivity contribution in [2.45, 2.75) is 71.0 Å². The number of hydrogen-bond acceptors (Lipinski definition) is 5. The highest BCUT2D eigenvalue weighted by atomic mass is 16.4. The van der Waals surface area contributed by atoms with Gasteiger partial charge in [-0.05, 0) is 93.3 Å². The topological polar surface area (TPSA) is 88.2 Å². The minimum absolute atomic E-state index is 0.0583. The summed E-state index contributed by atoms with van der Waals surface area (Å²) in [6, 6.07) is 15.8. The number of carbonyl (C=O) groups is 2. The Kier molecular flexibility index (Phi) is 10.5. The maximum absolute atomic E-state index is 13.4. The lowest BCUT2D eigenvalue weighted by atomic mass is 9.85. The Bertz CT molecular complexity index is 1150. The van der Waals surface area contributed by atoms with E-state index in [0.29, 0.717) is 18.6 Å².